The first-order valence-electron chi connectivity index (χ1n) is 4.11. The fraction of sp³-hybridized carbons (Fsp3) is 0.125. The maximum atomic E-state index is 11.5. The van der Waals surface area contributed by atoms with Crippen LogP contribution in [0.3, 0.4) is 0 Å². The predicted molar refractivity (Wildman–Crippen MR) is 58.7 cm³/mol. The Balaban J connectivity index is 3.28. The molecule has 0 unspecified atom stereocenters. The van der Waals surface area contributed by atoms with E-state index in [-0.39, 0.29) is 16.5 Å². The number of hydrogen-bond acceptors (Lipinski definition) is 4. The van der Waals surface area contributed by atoms with Gasteiger partial charge >= 0.3 is 0 Å². The lowest BCUT2D eigenvalue weighted by molar-refractivity contribution is -0.384. The highest BCUT2D eigenvalue weighted by Gasteiger charge is 2.19. The molecule has 16 heavy (non-hydrogen) atoms. The Hall–Kier alpha value is -1.18. The molecule has 0 bridgehead atoms. The van der Waals surface area contributed by atoms with E-state index in [4.69, 9.17) is 11.6 Å². The number of halogens is 1. The zero-order valence-electron chi connectivity index (χ0n) is 8.01. The van der Waals surface area contributed by atoms with E-state index in [0.29, 0.717) is 0 Å². The van der Waals surface area contributed by atoms with Gasteiger partial charge in [0.1, 0.15) is 5.02 Å². The van der Waals surface area contributed by atoms with Crippen LogP contribution in [0.15, 0.2) is 23.1 Å². The summed E-state index contributed by atoms with van der Waals surface area (Å²) < 4.78 is 25.1. The Morgan fingerprint density at radius 2 is 2.12 bits per heavy atom. The maximum Gasteiger partial charge on any atom is 0.289 e. The number of nitro benzene ring substituents is 1. The molecular weight excluding hydrogens is 256 g/mol. The average molecular weight is 264 g/mol. The van der Waals surface area contributed by atoms with Crippen molar-refractivity contribution in [1.82, 2.24) is 4.72 Å². The minimum absolute atomic E-state index is 0.0429. The second kappa shape index (κ2) is 4.77. The van der Waals surface area contributed by atoms with Crippen molar-refractivity contribution in [2.24, 2.45) is 0 Å². The van der Waals surface area contributed by atoms with Gasteiger partial charge in [0, 0.05) is 12.6 Å². The van der Waals surface area contributed by atoms with Crippen LogP contribution in [-0.4, -0.2) is 19.9 Å². The van der Waals surface area contributed by atoms with Crippen molar-refractivity contribution < 1.29 is 13.3 Å². The Labute approximate surface area is 97.4 Å². The molecule has 0 saturated heterocycles. The van der Waals surface area contributed by atoms with Gasteiger partial charge in [-0.1, -0.05) is 11.6 Å². The molecule has 6 nitrogen and oxygen atoms in total. The SMILES string of the molecule is [CH2]CNS(=O)(=O)c1ccc(Cl)c([N+](=O)[O-])c1. The summed E-state index contributed by atoms with van der Waals surface area (Å²) >= 11 is 5.55. The molecule has 0 aliphatic rings. The van der Waals surface area contributed by atoms with Crippen molar-refractivity contribution in [3.8, 4) is 0 Å². The summed E-state index contributed by atoms with van der Waals surface area (Å²) in [4.78, 5) is 9.59. The molecular formula is C8H8ClN2O4S. The third-order valence-electron chi connectivity index (χ3n) is 1.72. The van der Waals surface area contributed by atoms with Gasteiger partial charge in [-0.25, -0.2) is 13.1 Å². The number of nitrogens with one attached hydrogen (secondary N) is 1. The van der Waals surface area contributed by atoms with E-state index in [1.165, 1.54) is 6.07 Å². The summed E-state index contributed by atoms with van der Waals surface area (Å²) in [6, 6.07) is 3.25. The first-order chi connectivity index (χ1) is 7.38. The van der Waals surface area contributed by atoms with Gasteiger partial charge in [0.25, 0.3) is 5.69 Å². The first kappa shape index (κ1) is 12.9. The monoisotopic (exact) mass is 263 g/mol. The van der Waals surface area contributed by atoms with E-state index >= 15 is 0 Å². The quantitative estimate of drug-likeness (QED) is 0.656. The second-order valence-electron chi connectivity index (χ2n) is 2.77. The molecule has 0 amide bonds. The number of hydrogen-bond donors (Lipinski definition) is 1. The van der Waals surface area contributed by atoms with Crippen LogP contribution in [0.5, 0.6) is 0 Å². The fourth-order valence-corrected chi connectivity index (χ4v) is 2.15. The van der Waals surface area contributed by atoms with Crippen LogP contribution < -0.4 is 4.72 Å². The second-order valence-corrected chi connectivity index (χ2v) is 4.94. The highest BCUT2D eigenvalue weighted by molar-refractivity contribution is 7.89. The molecule has 1 rings (SSSR count). The number of sulfonamides is 1. The smallest absolute Gasteiger partial charge is 0.258 e. The number of benzene rings is 1. The van der Waals surface area contributed by atoms with Gasteiger partial charge in [-0.15, -0.1) is 0 Å². The van der Waals surface area contributed by atoms with Crippen LogP contribution in [-0.2, 0) is 10.0 Å². The third kappa shape index (κ3) is 2.69. The molecule has 0 aliphatic heterocycles. The molecule has 0 heterocycles. The Bertz CT molecular complexity index is 515. The summed E-state index contributed by atoms with van der Waals surface area (Å²) in [5, 5.41) is 10.4. The number of rotatable bonds is 4. The van der Waals surface area contributed by atoms with E-state index in [2.05, 4.69) is 11.6 Å². The summed E-state index contributed by atoms with van der Waals surface area (Å²) in [5.74, 6) is 0. The van der Waals surface area contributed by atoms with E-state index in [9.17, 15) is 18.5 Å². The van der Waals surface area contributed by atoms with Crippen LogP contribution in [0.2, 0.25) is 5.02 Å². The molecule has 0 atom stereocenters. The Morgan fingerprint density at radius 3 is 2.62 bits per heavy atom. The van der Waals surface area contributed by atoms with E-state index in [0.717, 1.165) is 12.1 Å². The highest BCUT2D eigenvalue weighted by atomic mass is 35.5. The van der Waals surface area contributed by atoms with Crippen LogP contribution in [0, 0.1) is 17.0 Å². The lowest BCUT2D eigenvalue weighted by Crippen LogP contribution is -2.23. The van der Waals surface area contributed by atoms with Gasteiger partial charge in [0.05, 0.1) is 9.82 Å². The highest BCUT2D eigenvalue weighted by Crippen LogP contribution is 2.26. The minimum atomic E-state index is -3.76. The Kier molecular flexibility index (Phi) is 3.84. The molecule has 1 N–H and O–H groups in total. The van der Waals surface area contributed by atoms with Gasteiger partial charge in [-0.05, 0) is 19.1 Å². The zero-order chi connectivity index (χ0) is 12.3. The lowest BCUT2D eigenvalue weighted by Gasteiger charge is -2.04. The molecule has 1 aromatic carbocycles. The van der Waals surface area contributed by atoms with Gasteiger partial charge < -0.3 is 0 Å². The van der Waals surface area contributed by atoms with Crippen LogP contribution in [0.4, 0.5) is 5.69 Å². The summed E-state index contributed by atoms with van der Waals surface area (Å²) in [5.41, 5.74) is -0.450. The molecule has 0 aliphatic carbocycles. The molecule has 0 fully saturated rings. The fourth-order valence-electron chi connectivity index (χ4n) is 1.02. The lowest BCUT2D eigenvalue weighted by atomic mass is 10.3. The summed E-state index contributed by atoms with van der Waals surface area (Å²) in [6.45, 7) is 3.28. The standard InChI is InChI=1S/C8H8ClN2O4S/c1-2-10-16(14,15)6-3-4-7(9)8(5-6)11(12)13/h3-5,10H,1-2H2. The normalized spacial score (nSPS) is 11.4. The molecule has 87 valence electrons. The van der Waals surface area contributed by atoms with Crippen LogP contribution in [0.1, 0.15) is 0 Å². The van der Waals surface area contributed by atoms with E-state index in [1.807, 2.05) is 0 Å². The molecule has 0 aromatic heterocycles. The van der Waals surface area contributed by atoms with Crippen molar-refractivity contribution >= 4 is 27.3 Å². The van der Waals surface area contributed by atoms with Gasteiger partial charge in [-0.2, -0.15) is 0 Å². The summed E-state index contributed by atoms with van der Waals surface area (Å²) in [6.07, 6.45) is 0. The average Bonchev–Trinajstić information content (AvgIpc) is 2.17. The van der Waals surface area contributed by atoms with Crippen molar-refractivity contribution in [1.29, 1.82) is 0 Å². The van der Waals surface area contributed by atoms with Crippen molar-refractivity contribution in [2.75, 3.05) is 6.54 Å². The van der Waals surface area contributed by atoms with Crippen molar-refractivity contribution in [3.63, 3.8) is 0 Å². The van der Waals surface area contributed by atoms with Gasteiger partial charge in [-0.3, -0.25) is 10.1 Å². The Morgan fingerprint density at radius 1 is 1.50 bits per heavy atom. The first-order valence-corrected chi connectivity index (χ1v) is 5.97. The van der Waals surface area contributed by atoms with Crippen molar-refractivity contribution in [3.05, 3.63) is 40.3 Å². The number of nitrogens with zero attached hydrogens (tertiary/aromatic N) is 1. The zero-order valence-corrected chi connectivity index (χ0v) is 9.59. The van der Waals surface area contributed by atoms with Gasteiger partial charge in [0.2, 0.25) is 10.0 Å². The van der Waals surface area contributed by atoms with Crippen LogP contribution in [0.25, 0.3) is 0 Å². The molecule has 1 radical (unpaired) electrons. The predicted octanol–water partition coefficient (Wildman–Crippen LogP) is 1.36. The third-order valence-corrected chi connectivity index (χ3v) is 3.49. The van der Waals surface area contributed by atoms with E-state index in [1.54, 1.807) is 0 Å². The molecule has 8 heteroatoms. The van der Waals surface area contributed by atoms with Crippen LogP contribution >= 0.6 is 11.6 Å². The largest absolute Gasteiger partial charge is 0.289 e. The molecule has 1 aromatic rings. The van der Waals surface area contributed by atoms with Crippen molar-refractivity contribution in [2.45, 2.75) is 4.90 Å². The number of nitro groups is 1. The van der Waals surface area contributed by atoms with E-state index < -0.39 is 20.6 Å². The maximum absolute atomic E-state index is 11.5. The van der Waals surface area contributed by atoms with Gasteiger partial charge in [0.15, 0.2) is 0 Å². The molecule has 0 spiro atoms. The topological polar surface area (TPSA) is 89.3 Å². The summed E-state index contributed by atoms with van der Waals surface area (Å²) in [7, 11) is -3.76. The molecule has 0 saturated carbocycles. The minimum Gasteiger partial charge on any atom is -0.258 e.